The van der Waals surface area contributed by atoms with Crippen LogP contribution in [0.1, 0.15) is 12.1 Å². The lowest BCUT2D eigenvalue weighted by Gasteiger charge is -2.11. The molecule has 1 aliphatic rings. The Labute approximate surface area is 104 Å². The molecule has 0 aliphatic carbocycles. The van der Waals surface area contributed by atoms with Gasteiger partial charge in [0.1, 0.15) is 5.15 Å². The number of pyridine rings is 1. The molecule has 3 nitrogen and oxygen atoms in total. The summed E-state index contributed by atoms with van der Waals surface area (Å²) >= 11 is 7.58. The number of anilines is 1. The molecule has 86 valence electrons. The smallest absolute Gasteiger partial charge is 0.228 e. The zero-order valence-corrected chi connectivity index (χ0v) is 10.6. The number of nitrogens with one attached hydrogen (secondary N) is 1. The van der Waals surface area contributed by atoms with Crippen molar-refractivity contribution in [2.45, 2.75) is 13.3 Å². The molecular formula is C11H13ClN2OS. The molecule has 1 N–H and O–H groups in total. The highest BCUT2D eigenvalue weighted by molar-refractivity contribution is 7.99. The summed E-state index contributed by atoms with van der Waals surface area (Å²) in [6, 6.07) is 3.48. The summed E-state index contributed by atoms with van der Waals surface area (Å²) in [4.78, 5) is 16.0. The normalized spacial score (nSPS) is 19.8. The van der Waals surface area contributed by atoms with Crippen LogP contribution in [0.15, 0.2) is 12.1 Å². The monoisotopic (exact) mass is 256 g/mol. The minimum absolute atomic E-state index is 0.0947. The Hall–Kier alpha value is -0.740. The largest absolute Gasteiger partial charge is 0.324 e. The summed E-state index contributed by atoms with van der Waals surface area (Å²) in [5.41, 5.74) is 1.51. The average molecular weight is 257 g/mol. The lowest BCUT2D eigenvalue weighted by molar-refractivity contribution is -0.119. The number of rotatable bonds is 2. The number of carbonyl (C=O) groups is 1. The predicted octanol–water partition coefficient (Wildman–Crippen LogP) is 2.74. The van der Waals surface area contributed by atoms with Crippen LogP contribution in [0.25, 0.3) is 0 Å². The fourth-order valence-corrected chi connectivity index (χ4v) is 3.05. The molecule has 1 aromatic heterocycles. The second-order valence-corrected chi connectivity index (χ2v) is 5.35. The second-order valence-electron chi connectivity index (χ2n) is 3.82. The van der Waals surface area contributed by atoms with Crippen LogP contribution in [-0.2, 0) is 4.79 Å². The zero-order chi connectivity index (χ0) is 11.5. The van der Waals surface area contributed by atoms with Crippen molar-refractivity contribution in [1.82, 2.24) is 4.98 Å². The van der Waals surface area contributed by atoms with Gasteiger partial charge in [-0.2, -0.15) is 11.8 Å². The topological polar surface area (TPSA) is 42.0 Å². The van der Waals surface area contributed by atoms with E-state index in [2.05, 4.69) is 10.3 Å². The first-order chi connectivity index (χ1) is 7.66. The van der Waals surface area contributed by atoms with Crippen molar-refractivity contribution in [1.29, 1.82) is 0 Å². The van der Waals surface area contributed by atoms with E-state index in [1.807, 2.05) is 18.7 Å². The van der Waals surface area contributed by atoms with E-state index in [9.17, 15) is 4.79 Å². The first-order valence-corrected chi connectivity index (χ1v) is 6.72. The molecule has 1 fully saturated rings. The van der Waals surface area contributed by atoms with E-state index in [1.165, 1.54) is 0 Å². The summed E-state index contributed by atoms with van der Waals surface area (Å²) in [7, 11) is 0. The van der Waals surface area contributed by atoms with Crippen LogP contribution in [0.5, 0.6) is 0 Å². The SMILES string of the molecule is Cc1nc(Cl)ccc1NC(=O)C1CCSC1. The van der Waals surface area contributed by atoms with Gasteiger partial charge in [-0.15, -0.1) is 0 Å². The fourth-order valence-electron chi connectivity index (χ4n) is 1.64. The van der Waals surface area contributed by atoms with Crippen LogP contribution in [0, 0.1) is 12.8 Å². The molecule has 0 spiro atoms. The molecule has 5 heteroatoms. The third-order valence-electron chi connectivity index (χ3n) is 2.61. The molecule has 1 atom stereocenters. The van der Waals surface area contributed by atoms with Crippen molar-refractivity contribution < 1.29 is 4.79 Å². The third-order valence-corrected chi connectivity index (χ3v) is 3.98. The first kappa shape index (κ1) is 11.7. The van der Waals surface area contributed by atoms with E-state index in [0.717, 1.165) is 29.3 Å². The number of amides is 1. The van der Waals surface area contributed by atoms with Gasteiger partial charge < -0.3 is 5.32 Å². The number of halogens is 1. The molecular weight excluding hydrogens is 244 g/mol. The predicted molar refractivity (Wildman–Crippen MR) is 68.0 cm³/mol. The van der Waals surface area contributed by atoms with Gasteiger partial charge in [-0.05, 0) is 31.2 Å². The van der Waals surface area contributed by atoms with Crippen molar-refractivity contribution in [2.75, 3.05) is 16.8 Å². The number of thioether (sulfide) groups is 1. The molecule has 2 rings (SSSR count). The maximum Gasteiger partial charge on any atom is 0.228 e. The highest BCUT2D eigenvalue weighted by Gasteiger charge is 2.23. The number of hydrogen-bond acceptors (Lipinski definition) is 3. The van der Waals surface area contributed by atoms with Crippen LogP contribution in [0.3, 0.4) is 0 Å². The molecule has 16 heavy (non-hydrogen) atoms. The standard InChI is InChI=1S/C11H13ClN2OS/c1-7-9(2-3-10(12)13-7)14-11(15)8-4-5-16-6-8/h2-3,8H,4-6H2,1H3,(H,14,15). The molecule has 1 amide bonds. The van der Waals surface area contributed by atoms with Crippen LogP contribution in [0.2, 0.25) is 5.15 Å². The molecule has 0 radical (unpaired) electrons. The van der Waals surface area contributed by atoms with Gasteiger partial charge in [0, 0.05) is 11.7 Å². The molecule has 1 saturated heterocycles. The van der Waals surface area contributed by atoms with E-state index in [4.69, 9.17) is 11.6 Å². The highest BCUT2D eigenvalue weighted by atomic mass is 35.5. The minimum atomic E-state index is 0.0947. The van der Waals surface area contributed by atoms with E-state index < -0.39 is 0 Å². The van der Waals surface area contributed by atoms with Crippen LogP contribution < -0.4 is 5.32 Å². The molecule has 1 unspecified atom stereocenters. The number of nitrogens with zero attached hydrogens (tertiary/aromatic N) is 1. The Morgan fingerprint density at radius 2 is 2.44 bits per heavy atom. The molecule has 0 aromatic carbocycles. The molecule has 0 saturated carbocycles. The van der Waals surface area contributed by atoms with Gasteiger partial charge in [0.05, 0.1) is 11.4 Å². The zero-order valence-electron chi connectivity index (χ0n) is 9.00. The summed E-state index contributed by atoms with van der Waals surface area (Å²) in [5.74, 6) is 2.24. The fraction of sp³-hybridized carbons (Fsp3) is 0.455. The van der Waals surface area contributed by atoms with E-state index in [-0.39, 0.29) is 11.8 Å². The maximum atomic E-state index is 11.9. The van der Waals surface area contributed by atoms with Crippen molar-refractivity contribution in [3.8, 4) is 0 Å². The Kier molecular flexibility index (Phi) is 3.71. The molecule has 1 aromatic rings. The van der Waals surface area contributed by atoms with Gasteiger partial charge in [0.25, 0.3) is 0 Å². The quantitative estimate of drug-likeness (QED) is 0.828. The number of aromatic nitrogens is 1. The molecule has 1 aliphatic heterocycles. The number of aryl methyl sites for hydroxylation is 1. The minimum Gasteiger partial charge on any atom is -0.324 e. The summed E-state index contributed by atoms with van der Waals surface area (Å²) in [6.07, 6.45) is 0.969. The summed E-state index contributed by atoms with van der Waals surface area (Å²) in [5, 5.41) is 3.36. The number of hydrogen-bond donors (Lipinski definition) is 1. The first-order valence-electron chi connectivity index (χ1n) is 5.18. The Morgan fingerprint density at radius 1 is 1.62 bits per heavy atom. The molecule has 2 heterocycles. The summed E-state index contributed by atoms with van der Waals surface area (Å²) < 4.78 is 0. The van der Waals surface area contributed by atoms with Gasteiger partial charge in [0.2, 0.25) is 5.91 Å². The van der Waals surface area contributed by atoms with E-state index in [1.54, 1.807) is 12.1 Å². The Balaban J connectivity index is 2.05. The average Bonchev–Trinajstić information content (AvgIpc) is 2.75. The van der Waals surface area contributed by atoms with Crippen molar-refractivity contribution in [2.24, 2.45) is 5.92 Å². The Bertz CT molecular complexity index is 405. The van der Waals surface area contributed by atoms with Crippen molar-refractivity contribution >= 4 is 35.0 Å². The van der Waals surface area contributed by atoms with Gasteiger partial charge in [0.15, 0.2) is 0 Å². The lowest BCUT2D eigenvalue weighted by Crippen LogP contribution is -2.22. The van der Waals surface area contributed by atoms with E-state index in [0.29, 0.717) is 5.15 Å². The van der Waals surface area contributed by atoms with Gasteiger partial charge in [-0.25, -0.2) is 4.98 Å². The van der Waals surface area contributed by atoms with Crippen molar-refractivity contribution in [3.05, 3.63) is 23.0 Å². The van der Waals surface area contributed by atoms with Gasteiger partial charge in [-0.1, -0.05) is 11.6 Å². The highest BCUT2D eigenvalue weighted by Crippen LogP contribution is 2.25. The molecule has 0 bridgehead atoms. The summed E-state index contributed by atoms with van der Waals surface area (Å²) in [6.45, 7) is 1.84. The number of carbonyl (C=O) groups excluding carboxylic acids is 1. The maximum absolute atomic E-state index is 11.9. The third kappa shape index (κ3) is 2.68. The van der Waals surface area contributed by atoms with Crippen molar-refractivity contribution in [3.63, 3.8) is 0 Å². The van der Waals surface area contributed by atoms with Crippen LogP contribution in [-0.4, -0.2) is 22.4 Å². The van der Waals surface area contributed by atoms with Gasteiger partial charge in [-0.3, -0.25) is 4.79 Å². The van der Waals surface area contributed by atoms with Gasteiger partial charge >= 0.3 is 0 Å². The van der Waals surface area contributed by atoms with Crippen LogP contribution >= 0.6 is 23.4 Å². The van der Waals surface area contributed by atoms with Crippen LogP contribution in [0.4, 0.5) is 5.69 Å². The van der Waals surface area contributed by atoms with E-state index >= 15 is 0 Å². The lowest BCUT2D eigenvalue weighted by atomic mass is 10.1. The Morgan fingerprint density at radius 3 is 3.06 bits per heavy atom. The second kappa shape index (κ2) is 5.06.